The fourth-order valence-electron chi connectivity index (χ4n) is 1.31. The molecule has 0 fully saturated rings. The molecule has 0 bridgehead atoms. The molecule has 0 saturated carbocycles. The molecule has 9 heteroatoms. The molecule has 1 aromatic rings. The summed E-state index contributed by atoms with van der Waals surface area (Å²) in [4.78, 5) is 21.2. The van der Waals surface area contributed by atoms with Crippen LogP contribution in [0.3, 0.4) is 0 Å². The predicted octanol–water partition coefficient (Wildman–Crippen LogP) is -0.693. The van der Waals surface area contributed by atoms with Gasteiger partial charge in [0.2, 0.25) is 5.91 Å². The summed E-state index contributed by atoms with van der Waals surface area (Å²) in [6, 6.07) is 1.23. The molecule has 0 spiro atoms. The molecule has 106 valence electrons. The molecule has 1 amide bonds. The van der Waals surface area contributed by atoms with Gasteiger partial charge in [-0.05, 0) is 11.3 Å². The van der Waals surface area contributed by atoms with Crippen LogP contribution in [0.15, 0.2) is 12.3 Å². The van der Waals surface area contributed by atoms with E-state index in [1.54, 1.807) is 0 Å². The molecular weight excluding hydrogens is 256 g/mol. The Morgan fingerprint density at radius 3 is 3.00 bits per heavy atom. The molecule has 0 atom stereocenters. The summed E-state index contributed by atoms with van der Waals surface area (Å²) in [6.45, 7) is 1.09. The maximum Gasteiger partial charge on any atom is 0.389 e. The third-order valence-corrected chi connectivity index (χ3v) is 2.14. The maximum absolute atomic E-state index is 11.5. The maximum atomic E-state index is 11.5. The van der Waals surface area contributed by atoms with Gasteiger partial charge < -0.3 is 25.3 Å². The normalized spacial score (nSPS) is 10.4. The van der Waals surface area contributed by atoms with Crippen LogP contribution in [0.1, 0.15) is 6.42 Å². The molecule has 0 radical (unpaired) electrons. The number of nitrogens with one attached hydrogen (secondary N) is 1. The Kier molecular flexibility index (Phi) is 6.47. The third kappa shape index (κ3) is 5.93. The lowest BCUT2D eigenvalue weighted by Crippen LogP contribution is -2.29. The lowest BCUT2D eigenvalue weighted by molar-refractivity contribution is -0.389. The number of ether oxygens (including phenoxy) is 1. The molecule has 0 aliphatic rings. The van der Waals surface area contributed by atoms with E-state index in [1.807, 2.05) is 0 Å². The number of hydrogen-bond acceptors (Lipinski definition) is 6. The number of aliphatic hydroxyl groups excluding tert-OH is 1. The van der Waals surface area contributed by atoms with Gasteiger partial charge in [-0.1, -0.05) is 0 Å². The largest absolute Gasteiger partial charge is 0.394 e. The average Bonchev–Trinajstić information content (AvgIpc) is 2.82. The number of carbonyl (C=O) groups is 1. The highest BCUT2D eigenvalue weighted by Crippen LogP contribution is 2.04. The van der Waals surface area contributed by atoms with Crippen LogP contribution < -0.4 is 5.32 Å². The number of amides is 1. The lowest BCUT2D eigenvalue weighted by atomic mass is 10.4. The van der Waals surface area contributed by atoms with Crippen molar-refractivity contribution in [3.8, 4) is 0 Å². The van der Waals surface area contributed by atoms with E-state index in [1.165, 1.54) is 16.9 Å². The minimum atomic E-state index is -0.618. The van der Waals surface area contributed by atoms with Crippen LogP contribution in [0.2, 0.25) is 0 Å². The Bertz CT molecular complexity index is 420. The lowest BCUT2D eigenvalue weighted by Gasteiger charge is -2.04. The average molecular weight is 272 g/mol. The zero-order chi connectivity index (χ0) is 14.1. The highest BCUT2D eigenvalue weighted by atomic mass is 16.6. The van der Waals surface area contributed by atoms with Crippen LogP contribution >= 0.6 is 0 Å². The summed E-state index contributed by atoms with van der Waals surface area (Å²) >= 11 is 0. The molecule has 0 aromatic carbocycles. The predicted molar refractivity (Wildman–Crippen MR) is 64.4 cm³/mol. The minimum absolute atomic E-state index is 0.0234. The summed E-state index contributed by atoms with van der Waals surface area (Å²) in [5, 5.41) is 25.1. The summed E-state index contributed by atoms with van der Waals surface area (Å²) in [7, 11) is 0. The summed E-state index contributed by atoms with van der Waals surface area (Å²) in [6.07, 6.45) is 2.01. The number of nitrogens with zero attached hydrogens (tertiary/aromatic N) is 3. The number of nitro groups is 1. The molecule has 0 unspecified atom stereocenters. The quantitative estimate of drug-likeness (QED) is 0.349. The first-order valence-electron chi connectivity index (χ1n) is 5.76. The summed E-state index contributed by atoms with van der Waals surface area (Å²) < 4.78 is 6.22. The summed E-state index contributed by atoms with van der Waals surface area (Å²) in [5.41, 5.74) is 0. The molecule has 1 rings (SSSR count). The van der Waals surface area contributed by atoms with Gasteiger partial charge in [-0.3, -0.25) is 4.79 Å². The molecule has 2 N–H and O–H groups in total. The van der Waals surface area contributed by atoms with Crippen molar-refractivity contribution < 1.29 is 19.6 Å². The van der Waals surface area contributed by atoms with Gasteiger partial charge in [-0.25, -0.2) is 0 Å². The third-order valence-electron chi connectivity index (χ3n) is 2.14. The Hall–Kier alpha value is -2.00. The molecule has 19 heavy (non-hydrogen) atoms. The molecule has 1 heterocycles. The number of carbonyl (C=O) groups excluding carboxylic acids is 1. The van der Waals surface area contributed by atoms with E-state index in [2.05, 4.69) is 10.4 Å². The second-order valence-electron chi connectivity index (χ2n) is 3.67. The topological polar surface area (TPSA) is 120 Å². The molecule has 0 saturated heterocycles. The van der Waals surface area contributed by atoms with Crippen molar-refractivity contribution in [2.24, 2.45) is 0 Å². The number of hydrogen-bond donors (Lipinski definition) is 2. The Morgan fingerprint density at radius 1 is 1.58 bits per heavy atom. The molecule has 0 aliphatic carbocycles. The van der Waals surface area contributed by atoms with Crippen LogP contribution in [0.25, 0.3) is 0 Å². The molecular formula is C10H16N4O5. The van der Waals surface area contributed by atoms with Crippen LogP contribution in [0, 0.1) is 10.1 Å². The van der Waals surface area contributed by atoms with Crippen LogP contribution in [-0.2, 0) is 16.1 Å². The zero-order valence-corrected chi connectivity index (χ0v) is 10.3. The fourth-order valence-corrected chi connectivity index (χ4v) is 1.31. The Morgan fingerprint density at radius 2 is 2.37 bits per heavy atom. The standard InChI is InChI=1S/C10H16N4O5/c15-5-7-19-6-1-3-11-10(16)8-13-4-2-9(12-13)14(17)18/h2,4,15H,1,3,5-8H2,(H,11,16). The second-order valence-corrected chi connectivity index (χ2v) is 3.67. The van der Waals surface area contributed by atoms with Gasteiger partial charge in [-0.2, -0.15) is 4.68 Å². The first-order chi connectivity index (χ1) is 9.13. The molecule has 9 nitrogen and oxygen atoms in total. The van der Waals surface area contributed by atoms with Gasteiger partial charge in [-0.15, -0.1) is 0 Å². The van der Waals surface area contributed by atoms with Crippen molar-refractivity contribution in [3.63, 3.8) is 0 Å². The smallest absolute Gasteiger partial charge is 0.389 e. The second kappa shape index (κ2) is 8.16. The van der Waals surface area contributed by atoms with Crippen molar-refractivity contribution in [3.05, 3.63) is 22.4 Å². The highest BCUT2D eigenvalue weighted by molar-refractivity contribution is 5.75. The number of aromatic nitrogens is 2. The fraction of sp³-hybridized carbons (Fsp3) is 0.600. The molecule has 1 aromatic heterocycles. The van der Waals surface area contributed by atoms with Gasteiger partial charge in [0.25, 0.3) is 0 Å². The van der Waals surface area contributed by atoms with Crippen molar-refractivity contribution in [1.82, 2.24) is 15.1 Å². The van der Waals surface area contributed by atoms with E-state index >= 15 is 0 Å². The minimum Gasteiger partial charge on any atom is -0.394 e. The van der Waals surface area contributed by atoms with E-state index in [0.717, 1.165) is 0 Å². The van der Waals surface area contributed by atoms with E-state index in [9.17, 15) is 14.9 Å². The van der Waals surface area contributed by atoms with Gasteiger partial charge in [0.15, 0.2) is 0 Å². The number of rotatable bonds is 9. The van der Waals surface area contributed by atoms with E-state index in [4.69, 9.17) is 9.84 Å². The van der Waals surface area contributed by atoms with Gasteiger partial charge >= 0.3 is 5.82 Å². The van der Waals surface area contributed by atoms with Crippen LogP contribution in [0.5, 0.6) is 0 Å². The monoisotopic (exact) mass is 272 g/mol. The van der Waals surface area contributed by atoms with Crippen molar-refractivity contribution in [2.45, 2.75) is 13.0 Å². The zero-order valence-electron chi connectivity index (χ0n) is 10.3. The number of aliphatic hydroxyl groups is 1. The van der Waals surface area contributed by atoms with E-state index in [0.29, 0.717) is 19.6 Å². The Labute approximate surface area is 109 Å². The molecule has 0 aliphatic heterocycles. The Balaban J connectivity index is 2.18. The first-order valence-corrected chi connectivity index (χ1v) is 5.76. The highest BCUT2D eigenvalue weighted by Gasteiger charge is 2.12. The summed E-state index contributed by atoms with van der Waals surface area (Å²) in [5.74, 6) is -0.564. The van der Waals surface area contributed by atoms with Gasteiger partial charge in [0, 0.05) is 13.2 Å². The van der Waals surface area contributed by atoms with Crippen LogP contribution in [-0.4, -0.2) is 52.1 Å². The van der Waals surface area contributed by atoms with Crippen molar-refractivity contribution in [1.29, 1.82) is 0 Å². The van der Waals surface area contributed by atoms with E-state index in [-0.39, 0.29) is 31.5 Å². The van der Waals surface area contributed by atoms with E-state index < -0.39 is 4.92 Å². The van der Waals surface area contributed by atoms with Crippen LogP contribution in [0.4, 0.5) is 5.82 Å². The van der Waals surface area contributed by atoms with Gasteiger partial charge in [0.05, 0.1) is 30.6 Å². The first kappa shape index (κ1) is 15.1. The van der Waals surface area contributed by atoms with Gasteiger partial charge in [0.1, 0.15) is 6.54 Å². The SMILES string of the molecule is O=C(Cn1ccc([N+](=O)[O-])n1)NCCCOCCO. The van der Waals surface area contributed by atoms with Crippen molar-refractivity contribution >= 4 is 11.7 Å². The van der Waals surface area contributed by atoms with Crippen molar-refractivity contribution in [2.75, 3.05) is 26.4 Å².